The molecule has 0 N–H and O–H groups in total. The number of pyridine rings is 1. The molecule has 0 spiro atoms. The summed E-state index contributed by atoms with van der Waals surface area (Å²) in [6.07, 6.45) is 3.43. The van der Waals surface area contributed by atoms with E-state index in [1.165, 1.54) is 11.8 Å². The quantitative estimate of drug-likeness (QED) is 0.451. The van der Waals surface area contributed by atoms with Gasteiger partial charge in [-0.2, -0.15) is 5.26 Å². The van der Waals surface area contributed by atoms with Gasteiger partial charge in [0.15, 0.2) is 0 Å². The van der Waals surface area contributed by atoms with Crippen LogP contribution in [0, 0.1) is 11.3 Å². The van der Waals surface area contributed by atoms with Gasteiger partial charge in [-0.1, -0.05) is 30.3 Å². The van der Waals surface area contributed by atoms with Crippen molar-refractivity contribution in [2.45, 2.75) is 30.4 Å². The average molecular weight is 377 g/mol. The summed E-state index contributed by atoms with van der Waals surface area (Å²) in [7, 11) is 0. The lowest BCUT2D eigenvalue weighted by Gasteiger charge is -2.23. The number of thioether (sulfide) groups is 1. The first-order valence-corrected chi connectivity index (χ1v) is 9.37. The highest BCUT2D eigenvalue weighted by Crippen LogP contribution is 2.41. The van der Waals surface area contributed by atoms with Crippen LogP contribution in [0.25, 0.3) is 21.9 Å². The molecule has 0 amide bonds. The molecule has 136 valence electrons. The van der Waals surface area contributed by atoms with E-state index in [9.17, 15) is 10.1 Å². The van der Waals surface area contributed by atoms with Crippen LogP contribution in [0.15, 0.2) is 59.8 Å². The molecule has 3 rings (SSSR count). The van der Waals surface area contributed by atoms with Crippen LogP contribution in [-0.4, -0.2) is 22.3 Å². The Morgan fingerprint density at radius 1 is 1.26 bits per heavy atom. The molecule has 0 radical (unpaired) electrons. The first kappa shape index (κ1) is 17.6. The van der Waals surface area contributed by atoms with Gasteiger partial charge in [0, 0.05) is 29.6 Å². The van der Waals surface area contributed by atoms with Crippen LogP contribution >= 0.6 is 11.8 Å². The van der Waals surface area contributed by atoms with Crippen molar-refractivity contribution in [3.63, 3.8) is 0 Å². The zero-order valence-corrected chi connectivity index (χ0v) is 16.0. The molecule has 4 nitrogen and oxygen atoms in total. The summed E-state index contributed by atoms with van der Waals surface area (Å²) < 4.78 is 12.1. The summed E-state index contributed by atoms with van der Waals surface area (Å²) in [6.45, 7) is 3.66. The van der Waals surface area contributed by atoms with Gasteiger partial charge in [0.25, 0.3) is 0 Å². The van der Waals surface area contributed by atoms with Crippen molar-refractivity contribution in [2.24, 2.45) is 0 Å². The van der Waals surface area contributed by atoms with Crippen molar-refractivity contribution in [2.75, 3.05) is 6.61 Å². The molecule has 0 aliphatic carbocycles. The maximum Gasteiger partial charge on any atom is 0.321 e. The molecular formula is C22H20N2O2S. The second-order valence-corrected chi connectivity index (χ2v) is 7.79. The van der Waals surface area contributed by atoms with Crippen LogP contribution in [0.4, 0.5) is 0 Å². The van der Waals surface area contributed by atoms with Gasteiger partial charge in [0.1, 0.15) is 4.75 Å². The normalized spacial score (nSPS) is 13.4. The molecule has 3 aromatic rings. The Kier molecular flexibility index (Phi) is 5.08. The number of hydrogen-bond acceptors (Lipinski definition) is 5. The molecule has 1 unspecified atom stereocenters. The maximum absolute atomic E-state index is 12.4. The van der Waals surface area contributed by atoms with Gasteiger partial charge in [-0.25, -0.2) is 0 Å². The number of hydrogen-bond donors (Lipinski definition) is 0. The fourth-order valence-electron chi connectivity index (χ4n) is 2.87. The summed E-state index contributed by atoms with van der Waals surface area (Å²) in [5.74, 6) is -0.401. The standard InChI is InChI=1S/C22H20N2O2S/c1-4-26-21(25)22(2,3)27-20-11-12-24-14-19(20)18-10-9-15(13-23)16-7-5-6-8-17(16)18/h5-12,14H,4H2,1-3H3/i2D. The van der Waals surface area contributed by atoms with Gasteiger partial charge in [0.05, 0.1) is 18.2 Å². The first-order chi connectivity index (χ1) is 13.5. The SMILES string of the molecule is [2H]CC(C)(Sc1ccncc1-c1ccc(C#N)c2ccccc12)C(=O)OCC. The van der Waals surface area contributed by atoms with Crippen LogP contribution in [0.1, 0.15) is 27.7 Å². The molecule has 0 bridgehead atoms. The molecule has 0 saturated carbocycles. The van der Waals surface area contributed by atoms with E-state index < -0.39 is 10.7 Å². The molecule has 5 heteroatoms. The third-order valence-electron chi connectivity index (χ3n) is 4.16. The molecule has 0 saturated heterocycles. The number of rotatable bonds is 5. The predicted molar refractivity (Wildman–Crippen MR) is 108 cm³/mol. The second kappa shape index (κ2) is 7.81. The summed E-state index contributed by atoms with van der Waals surface area (Å²) >= 11 is 1.31. The topological polar surface area (TPSA) is 63.0 Å². The summed E-state index contributed by atoms with van der Waals surface area (Å²) in [5, 5.41) is 11.2. The Labute approximate surface area is 164 Å². The minimum Gasteiger partial charge on any atom is -0.465 e. The Hall–Kier alpha value is -2.84. The molecule has 1 aromatic heterocycles. The third-order valence-corrected chi connectivity index (χ3v) is 5.35. The van der Waals surface area contributed by atoms with Crippen molar-refractivity contribution >= 4 is 28.5 Å². The first-order valence-electron chi connectivity index (χ1n) is 9.26. The van der Waals surface area contributed by atoms with Gasteiger partial charge < -0.3 is 4.74 Å². The van der Waals surface area contributed by atoms with Crippen LogP contribution in [-0.2, 0) is 9.53 Å². The van der Waals surface area contributed by atoms with Gasteiger partial charge in [0.2, 0.25) is 0 Å². The number of carbonyl (C=O) groups excluding carboxylic acids is 1. The number of carbonyl (C=O) groups is 1. The lowest BCUT2D eigenvalue weighted by atomic mass is 9.96. The minimum absolute atomic E-state index is 0.105. The van der Waals surface area contributed by atoms with E-state index in [1.54, 1.807) is 32.3 Å². The van der Waals surface area contributed by atoms with Crippen LogP contribution in [0.2, 0.25) is 0 Å². The number of ether oxygens (including phenoxy) is 1. The monoisotopic (exact) mass is 377 g/mol. The fourth-order valence-corrected chi connectivity index (χ4v) is 3.90. The summed E-state index contributed by atoms with van der Waals surface area (Å²) in [6, 6.07) is 15.5. The zero-order chi connectivity index (χ0) is 20.1. The van der Waals surface area contributed by atoms with Gasteiger partial charge in [-0.05, 0) is 43.8 Å². The summed E-state index contributed by atoms with van der Waals surface area (Å²) in [4.78, 5) is 17.5. The maximum atomic E-state index is 12.4. The van der Waals surface area contributed by atoms with E-state index in [2.05, 4.69) is 11.1 Å². The Balaban J connectivity index is 2.13. The van der Waals surface area contributed by atoms with E-state index in [0.717, 1.165) is 26.8 Å². The number of nitrogens with zero attached hydrogens (tertiary/aromatic N) is 2. The molecule has 0 aliphatic heterocycles. The lowest BCUT2D eigenvalue weighted by molar-refractivity contribution is -0.145. The summed E-state index contributed by atoms with van der Waals surface area (Å²) in [5.41, 5.74) is 2.40. The van der Waals surface area contributed by atoms with E-state index in [4.69, 9.17) is 6.11 Å². The molecular weight excluding hydrogens is 356 g/mol. The Bertz CT molecular complexity index is 1060. The van der Waals surface area contributed by atoms with E-state index in [1.807, 2.05) is 36.4 Å². The number of aromatic nitrogens is 1. The fraction of sp³-hybridized carbons (Fsp3) is 0.227. The highest BCUT2D eigenvalue weighted by atomic mass is 32.2. The number of esters is 1. The molecule has 0 aliphatic rings. The largest absolute Gasteiger partial charge is 0.465 e. The van der Waals surface area contributed by atoms with E-state index in [-0.39, 0.29) is 13.5 Å². The number of benzene rings is 2. The van der Waals surface area contributed by atoms with Crippen molar-refractivity contribution in [3.8, 4) is 17.2 Å². The molecule has 1 atom stereocenters. The Morgan fingerprint density at radius 3 is 2.74 bits per heavy atom. The van der Waals surface area contributed by atoms with Crippen molar-refractivity contribution in [3.05, 3.63) is 60.4 Å². The number of nitriles is 1. The minimum atomic E-state index is -1.02. The zero-order valence-electron chi connectivity index (χ0n) is 16.2. The van der Waals surface area contributed by atoms with Crippen LogP contribution in [0.5, 0.6) is 0 Å². The number of fused-ring (bicyclic) bond motifs is 1. The predicted octanol–water partition coefficient (Wildman–Crippen LogP) is 5.21. The van der Waals surface area contributed by atoms with Gasteiger partial charge in [-0.3, -0.25) is 9.78 Å². The van der Waals surface area contributed by atoms with Crippen molar-refractivity contribution in [1.82, 2.24) is 4.98 Å². The molecule has 27 heavy (non-hydrogen) atoms. The molecule has 0 fully saturated rings. The highest BCUT2D eigenvalue weighted by molar-refractivity contribution is 8.01. The van der Waals surface area contributed by atoms with Gasteiger partial charge in [-0.15, -0.1) is 11.8 Å². The lowest BCUT2D eigenvalue weighted by Crippen LogP contribution is -2.30. The smallest absolute Gasteiger partial charge is 0.321 e. The van der Waals surface area contributed by atoms with E-state index >= 15 is 0 Å². The third kappa shape index (κ3) is 3.81. The second-order valence-electron chi connectivity index (χ2n) is 6.24. The van der Waals surface area contributed by atoms with Crippen LogP contribution < -0.4 is 0 Å². The average Bonchev–Trinajstić information content (AvgIpc) is 2.73. The highest BCUT2D eigenvalue weighted by Gasteiger charge is 2.31. The van der Waals surface area contributed by atoms with Crippen molar-refractivity contribution < 1.29 is 10.9 Å². The van der Waals surface area contributed by atoms with Crippen LogP contribution in [0.3, 0.4) is 0 Å². The Morgan fingerprint density at radius 2 is 2.04 bits per heavy atom. The molecule has 2 aromatic carbocycles. The van der Waals surface area contributed by atoms with Gasteiger partial charge >= 0.3 is 5.97 Å². The van der Waals surface area contributed by atoms with Crippen molar-refractivity contribution in [1.29, 1.82) is 5.26 Å². The van der Waals surface area contributed by atoms with E-state index in [0.29, 0.717) is 5.56 Å². The molecule has 1 heterocycles.